The third-order valence-electron chi connectivity index (χ3n) is 4.84. The Bertz CT molecular complexity index is 946. The average molecular weight is 330 g/mol. The van der Waals surface area contributed by atoms with Crippen LogP contribution in [-0.4, -0.2) is 28.6 Å². The van der Waals surface area contributed by atoms with Gasteiger partial charge in [-0.25, -0.2) is 0 Å². The van der Waals surface area contributed by atoms with Crippen LogP contribution in [0.2, 0.25) is 0 Å². The number of nitrogens with zero attached hydrogens (tertiary/aromatic N) is 2. The number of aromatic nitrogens is 1. The minimum atomic E-state index is -0.0633. The van der Waals surface area contributed by atoms with E-state index in [1.165, 1.54) is 28.7 Å². The number of amides is 1. The molecule has 0 bridgehead atoms. The molecule has 1 atom stereocenters. The first-order valence-electron chi connectivity index (χ1n) is 8.47. The van der Waals surface area contributed by atoms with Gasteiger partial charge in [0, 0.05) is 24.5 Å². The molecule has 0 radical (unpaired) electrons. The lowest BCUT2D eigenvalue weighted by molar-refractivity contribution is 0.0736. The van der Waals surface area contributed by atoms with E-state index in [4.69, 9.17) is 0 Å². The van der Waals surface area contributed by atoms with Crippen LogP contribution in [0.25, 0.3) is 10.8 Å². The van der Waals surface area contributed by atoms with E-state index in [-0.39, 0.29) is 11.9 Å². The molecule has 4 nitrogen and oxygen atoms in total. The Kier molecular flexibility index (Phi) is 4.02. The molecule has 1 unspecified atom stereocenters. The van der Waals surface area contributed by atoms with Gasteiger partial charge < -0.3 is 4.90 Å². The van der Waals surface area contributed by atoms with Crippen LogP contribution in [0, 0.1) is 0 Å². The van der Waals surface area contributed by atoms with Crippen LogP contribution in [0.3, 0.4) is 0 Å². The first-order valence-corrected chi connectivity index (χ1v) is 8.47. The lowest BCUT2D eigenvalue weighted by atomic mass is 9.97. The zero-order chi connectivity index (χ0) is 17.2. The summed E-state index contributed by atoms with van der Waals surface area (Å²) in [5.41, 5.74) is 2.08. The Morgan fingerprint density at radius 1 is 1.12 bits per heavy atom. The van der Waals surface area contributed by atoms with Crippen LogP contribution in [-0.2, 0) is 0 Å². The fourth-order valence-electron chi connectivity index (χ4n) is 3.68. The third kappa shape index (κ3) is 2.80. The van der Waals surface area contributed by atoms with Crippen molar-refractivity contribution in [3.63, 3.8) is 0 Å². The normalized spacial score (nSPS) is 17.0. The summed E-state index contributed by atoms with van der Waals surface area (Å²) in [6.45, 7) is 0.720. The zero-order valence-corrected chi connectivity index (χ0v) is 13.8. The molecule has 0 N–H and O–H groups in total. The van der Waals surface area contributed by atoms with Crippen molar-refractivity contribution >= 4 is 23.0 Å². The number of rotatable bonds is 3. The molecule has 1 amide bonds. The van der Waals surface area contributed by atoms with Crippen molar-refractivity contribution in [2.75, 3.05) is 6.54 Å². The molecule has 25 heavy (non-hydrogen) atoms. The molecular weight excluding hydrogens is 312 g/mol. The second kappa shape index (κ2) is 6.48. The summed E-state index contributed by atoms with van der Waals surface area (Å²) < 4.78 is 0. The van der Waals surface area contributed by atoms with E-state index in [2.05, 4.69) is 29.2 Å². The Hall–Kier alpha value is -3.01. The maximum absolute atomic E-state index is 13.0. The van der Waals surface area contributed by atoms with Gasteiger partial charge in [-0.05, 0) is 35.2 Å². The van der Waals surface area contributed by atoms with Crippen molar-refractivity contribution in [3.8, 4) is 0 Å². The van der Waals surface area contributed by atoms with E-state index in [9.17, 15) is 9.59 Å². The molecule has 0 aliphatic carbocycles. The summed E-state index contributed by atoms with van der Waals surface area (Å²) >= 11 is 0. The van der Waals surface area contributed by atoms with Crippen molar-refractivity contribution < 1.29 is 9.59 Å². The number of benzene rings is 2. The molecule has 0 saturated carbocycles. The van der Waals surface area contributed by atoms with Crippen LogP contribution in [0.15, 0.2) is 60.9 Å². The van der Waals surface area contributed by atoms with Crippen molar-refractivity contribution in [1.82, 2.24) is 9.88 Å². The minimum absolute atomic E-state index is 0.0542. The fraction of sp³-hybridized carbons (Fsp3) is 0.190. The first kappa shape index (κ1) is 15.5. The van der Waals surface area contributed by atoms with Gasteiger partial charge in [0.15, 0.2) is 6.29 Å². The van der Waals surface area contributed by atoms with Crippen LogP contribution < -0.4 is 0 Å². The summed E-state index contributed by atoms with van der Waals surface area (Å²) in [5.74, 6) is -0.0633. The van der Waals surface area contributed by atoms with E-state index >= 15 is 0 Å². The van der Waals surface area contributed by atoms with Crippen LogP contribution >= 0.6 is 0 Å². The number of carbonyl (C=O) groups excluding carboxylic acids is 2. The molecule has 0 spiro atoms. The van der Waals surface area contributed by atoms with Gasteiger partial charge in [-0.1, -0.05) is 42.5 Å². The number of pyridine rings is 1. The Morgan fingerprint density at radius 2 is 1.96 bits per heavy atom. The molecule has 4 heteroatoms. The van der Waals surface area contributed by atoms with Gasteiger partial charge in [0.25, 0.3) is 5.91 Å². The molecule has 1 aliphatic rings. The molecule has 124 valence electrons. The number of carbonyl (C=O) groups is 2. The van der Waals surface area contributed by atoms with Crippen LogP contribution in [0.1, 0.15) is 45.2 Å². The van der Waals surface area contributed by atoms with Crippen molar-refractivity contribution in [2.45, 2.75) is 18.9 Å². The maximum Gasteiger partial charge on any atom is 0.255 e. The number of likely N-dealkylation sites (tertiary alicyclic amines) is 1. The van der Waals surface area contributed by atoms with Crippen molar-refractivity contribution in [2.24, 2.45) is 0 Å². The monoisotopic (exact) mass is 330 g/mol. The van der Waals surface area contributed by atoms with Gasteiger partial charge in [-0.2, -0.15) is 0 Å². The number of aldehydes is 1. The largest absolute Gasteiger partial charge is 0.332 e. The van der Waals surface area contributed by atoms with E-state index < -0.39 is 0 Å². The summed E-state index contributed by atoms with van der Waals surface area (Å²) in [7, 11) is 0. The van der Waals surface area contributed by atoms with Gasteiger partial charge in [0.05, 0.1) is 11.6 Å². The Labute approximate surface area is 146 Å². The van der Waals surface area contributed by atoms with Crippen LogP contribution in [0.5, 0.6) is 0 Å². The molecule has 4 rings (SSSR count). The number of hydrogen-bond acceptors (Lipinski definition) is 3. The highest BCUT2D eigenvalue weighted by molar-refractivity contribution is 5.96. The van der Waals surface area contributed by atoms with E-state index in [0.29, 0.717) is 11.1 Å². The van der Waals surface area contributed by atoms with Gasteiger partial charge in [0.1, 0.15) is 0 Å². The summed E-state index contributed by atoms with van der Waals surface area (Å²) in [6, 6.07) is 16.2. The second-order valence-corrected chi connectivity index (χ2v) is 6.35. The lowest BCUT2D eigenvalue weighted by Crippen LogP contribution is -2.30. The quantitative estimate of drug-likeness (QED) is 0.681. The Balaban J connectivity index is 1.72. The molecular formula is C21H18N2O2. The van der Waals surface area contributed by atoms with Gasteiger partial charge in [0.2, 0.25) is 0 Å². The molecule has 2 heterocycles. The third-order valence-corrected chi connectivity index (χ3v) is 4.84. The number of fused-ring (bicyclic) bond motifs is 1. The highest BCUT2D eigenvalue weighted by Crippen LogP contribution is 2.36. The molecule has 1 fully saturated rings. The first-order chi connectivity index (χ1) is 12.3. The molecule has 3 aromatic rings. The summed E-state index contributed by atoms with van der Waals surface area (Å²) in [6.07, 6.45) is 5.64. The fourth-order valence-corrected chi connectivity index (χ4v) is 3.68. The van der Waals surface area contributed by atoms with Gasteiger partial charge >= 0.3 is 0 Å². The average Bonchev–Trinajstić information content (AvgIpc) is 3.16. The number of hydrogen-bond donors (Lipinski definition) is 0. The van der Waals surface area contributed by atoms with Gasteiger partial charge in [-0.3, -0.25) is 14.6 Å². The zero-order valence-electron chi connectivity index (χ0n) is 13.8. The topological polar surface area (TPSA) is 50.3 Å². The molecule has 1 aromatic heterocycles. The van der Waals surface area contributed by atoms with Crippen molar-refractivity contribution in [1.29, 1.82) is 0 Å². The minimum Gasteiger partial charge on any atom is -0.332 e. The predicted molar refractivity (Wildman–Crippen MR) is 96.6 cm³/mol. The Morgan fingerprint density at radius 3 is 2.84 bits per heavy atom. The summed E-state index contributed by atoms with van der Waals surface area (Å²) in [5, 5.41) is 2.37. The maximum atomic E-state index is 13.0. The lowest BCUT2D eigenvalue weighted by Gasteiger charge is -2.26. The van der Waals surface area contributed by atoms with Crippen molar-refractivity contribution in [3.05, 3.63) is 77.6 Å². The highest BCUT2D eigenvalue weighted by Gasteiger charge is 2.31. The standard InChI is InChI=1S/C21H18N2O2/c24-14-15-11-17(13-22-12-15)21(25)23-10-4-9-20(23)19-8-3-6-16-5-1-2-7-18(16)19/h1-3,5-8,11-14,20H,4,9-10H2. The van der Waals surface area contributed by atoms with Gasteiger partial charge in [-0.15, -0.1) is 0 Å². The molecule has 2 aromatic carbocycles. The van der Waals surface area contributed by atoms with Crippen LogP contribution in [0.4, 0.5) is 0 Å². The predicted octanol–water partition coefficient (Wildman–Crippen LogP) is 4.02. The second-order valence-electron chi connectivity index (χ2n) is 6.35. The molecule has 1 saturated heterocycles. The SMILES string of the molecule is O=Cc1cncc(C(=O)N2CCCC2c2cccc3ccccc23)c1. The highest BCUT2D eigenvalue weighted by atomic mass is 16.2. The summed E-state index contributed by atoms with van der Waals surface area (Å²) in [4.78, 5) is 29.9. The van der Waals surface area contributed by atoms with E-state index in [1.807, 2.05) is 23.1 Å². The van der Waals surface area contributed by atoms with E-state index in [0.717, 1.165) is 25.7 Å². The van der Waals surface area contributed by atoms with E-state index in [1.54, 1.807) is 6.07 Å². The smallest absolute Gasteiger partial charge is 0.255 e. The molecule has 1 aliphatic heterocycles.